The number of hydrogen-bond acceptors (Lipinski definition) is 4. The third-order valence-electron chi connectivity index (χ3n) is 3.82. The number of hydrogen-bond donors (Lipinski definition) is 1. The second-order valence-corrected chi connectivity index (χ2v) is 7.12. The molecule has 0 amide bonds. The molecule has 21 heavy (non-hydrogen) atoms. The van der Waals surface area contributed by atoms with Crippen molar-refractivity contribution in [2.24, 2.45) is 0 Å². The molecule has 120 valence electrons. The van der Waals surface area contributed by atoms with E-state index in [1.165, 1.54) is 0 Å². The lowest BCUT2D eigenvalue weighted by Gasteiger charge is -2.37. The largest absolute Gasteiger partial charge is 0.497 e. The molecule has 0 spiro atoms. The maximum absolute atomic E-state index is 12.6. The summed E-state index contributed by atoms with van der Waals surface area (Å²) < 4.78 is 31.9. The van der Waals surface area contributed by atoms with Crippen molar-refractivity contribution in [3.63, 3.8) is 0 Å². The molecule has 2 unspecified atom stereocenters. The summed E-state index contributed by atoms with van der Waals surface area (Å²) in [5.74, 6) is 0.695. The molecule has 0 bridgehead atoms. The first-order valence-electron chi connectivity index (χ1n) is 6.80. The summed E-state index contributed by atoms with van der Waals surface area (Å²) in [6, 6.07) is 7.35. The van der Waals surface area contributed by atoms with Crippen LogP contribution in [0.1, 0.15) is 19.4 Å². The van der Waals surface area contributed by atoms with Gasteiger partial charge in [-0.05, 0) is 31.5 Å². The van der Waals surface area contributed by atoms with Crippen molar-refractivity contribution in [1.29, 1.82) is 0 Å². The van der Waals surface area contributed by atoms with E-state index in [1.54, 1.807) is 17.5 Å². The number of sulfonamides is 1. The minimum absolute atomic E-state index is 0. The van der Waals surface area contributed by atoms with Crippen LogP contribution in [0.4, 0.5) is 0 Å². The summed E-state index contributed by atoms with van der Waals surface area (Å²) in [4.78, 5) is 0. The highest BCUT2D eigenvalue weighted by Crippen LogP contribution is 2.20. The summed E-state index contributed by atoms with van der Waals surface area (Å²) in [6.07, 6.45) is 0. The van der Waals surface area contributed by atoms with Crippen LogP contribution in [0, 0.1) is 0 Å². The van der Waals surface area contributed by atoms with Crippen LogP contribution in [0.5, 0.6) is 5.75 Å². The first kappa shape index (κ1) is 18.2. The average molecular weight is 335 g/mol. The Hall–Kier alpha value is -0.820. The normalized spacial score (nSPS) is 23.4. The predicted octanol–water partition coefficient (Wildman–Crippen LogP) is 1.63. The van der Waals surface area contributed by atoms with E-state index in [2.05, 4.69) is 5.32 Å². The summed E-state index contributed by atoms with van der Waals surface area (Å²) in [7, 11) is -1.73. The monoisotopic (exact) mass is 334 g/mol. The summed E-state index contributed by atoms with van der Waals surface area (Å²) in [6.45, 7) is 5.18. The van der Waals surface area contributed by atoms with Crippen molar-refractivity contribution in [2.75, 3.05) is 20.2 Å². The summed E-state index contributed by atoms with van der Waals surface area (Å²) >= 11 is 0. The molecule has 0 aromatic heterocycles. The Balaban J connectivity index is 0.00000220. The molecule has 0 radical (unpaired) electrons. The molecule has 1 aromatic rings. The molecule has 1 aliphatic rings. The van der Waals surface area contributed by atoms with Crippen molar-refractivity contribution in [3.8, 4) is 5.75 Å². The molecule has 1 heterocycles. The van der Waals surface area contributed by atoms with Crippen LogP contribution < -0.4 is 10.1 Å². The van der Waals surface area contributed by atoms with Gasteiger partial charge in [0, 0.05) is 25.2 Å². The molecule has 1 saturated heterocycles. The number of nitrogens with one attached hydrogen (secondary N) is 1. The number of piperazine rings is 1. The van der Waals surface area contributed by atoms with Crippen molar-refractivity contribution < 1.29 is 13.2 Å². The lowest BCUT2D eigenvalue weighted by Crippen LogP contribution is -2.57. The van der Waals surface area contributed by atoms with Gasteiger partial charge in [-0.2, -0.15) is 4.31 Å². The summed E-state index contributed by atoms with van der Waals surface area (Å²) in [5, 5.41) is 3.29. The Labute approximate surface area is 133 Å². The van der Waals surface area contributed by atoms with E-state index in [4.69, 9.17) is 4.74 Å². The van der Waals surface area contributed by atoms with E-state index < -0.39 is 10.0 Å². The molecule has 1 aromatic carbocycles. The van der Waals surface area contributed by atoms with E-state index in [0.29, 0.717) is 18.8 Å². The quantitative estimate of drug-likeness (QED) is 0.909. The van der Waals surface area contributed by atoms with E-state index in [-0.39, 0.29) is 30.2 Å². The fourth-order valence-electron chi connectivity index (χ4n) is 2.47. The van der Waals surface area contributed by atoms with Gasteiger partial charge < -0.3 is 10.1 Å². The zero-order valence-corrected chi connectivity index (χ0v) is 14.2. The van der Waals surface area contributed by atoms with Crippen molar-refractivity contribution in [3.05, 3.63) is 29.8 Å². The minimum atomic E-state index is -3.31. The van der Waals surface area contributed by atoms with Gasteiger partial charge in [-0.25, -0.2) is 8.42 Å². The van der Waals surface area contributed by atoms with Gasteiger partial charge in [0.2, 0.25) is 10.0 Å². The molecule has 2 rings (SSSR count). The Morgan fingerprint density at radius 1 is 1.38 bits per heavy atom. The van der Waals surface area contributed by atoms with E-state index in [9.17, 15) is 8.42 Å². The third-order valence-corrected chi connectivity index (χ3v) is 5.74. The highest BCUT2D eigenvalue weighted by Gasteiger charge is 2.33. The molecule has 5 nitrogen and oxygen atoms in total. The fraction of sp³-hybridized carbons (Fsp3) is 0.571. The molecule has 2 atom stereocenters. The van der Waals surface area contributed by atoms with Gasteiger partial charge in [0.1, 0.15) is 5.75 Å². The lowest BCUT2D eigenvalue weighted by molar-refractivity contribution is 0.232. The standard InChI is InChI=1S/C14H22N2O3S.ClH/c1-11-12(2)16(8-7-15-11)20(17,18)10-13-5-4-6-14(9-13)19-3;/h4-6,9,11-12,15H,7-8,10H2,1-3H3;1H. The van der Waals surface area contributed by atoms with Gasteiger partial charge in [-0.1, -0.05) is 12.1 Å². The average Bonchev–Trinajstić information content (AvgIpc) is 2.41. The molecule has 1 fully saturated rings. The third kappa shape index (κ3) is 4.32. The van der Waals surface area contributed by atoms with Gasteiger partial charge in [0.25, 0.3) is 0 Å². The fourth-order valence-corrected chi connectivity index (χ4v) is 4.30. The van der Waals surface area contributed by atoms with E-state index in [0.717, 1.165) is 5.56 Å². The number of rotatable bonds is 4. The van der Waals surface area contributed by atoms with Crippen molar-refractivity contribution in [1.82, 2.24) is 9.62 Å². The zero-order valence-electron chi connectivity index (χ0n) is 12.6. The Morgan fingerprint density at radius 3 is 2.76 bits per heavy atom. The first-order chi connectivity index (χ1) is 9.44. The number of nitrogens with zero attached hydrogens (tertiary/aromatic N) is 1. The van der Waals surface area contributed by atoms with Crippen LogP contribution in [-0.2, 0) is 15.8 Å². The number of benzene rings is 1. The smallest absolute Gasteiger partial charge is 0.218 e. The molecule has 1 N–H and O–H groups in total. The number of methoxy groups -OCH3 is 1. The van der Waals surface area contributed by atoms with E-state index in [1.807, 2.05) is 32.0 Å². The Morgan fingerprint density at radius 2 is 2.10 bits per heavy atom. The van der Waals surface area contributed by atoms with Gasteiger partial charge in [-0.3, -0.25) is 0 Å². The Kier molecular flexibility index (Phi) is 6.46. The predicted molar refractivity (Wildman–Crippen MR) is 86.5 cm³/mol. The van der Waals surface area contributed by atoms with Crippen LogP contribution in [-0.4, -0.2) is 45.0 Å². The number of halogens is 1. The molecule has 7 heteroatoms. The topological polar surface area (TPSA) is 58.6 Å². The Bertz CT molecular complexity index is 565. The molecular formula is C14H23ClN2O3S. The van der Waals surface area contributed by atoms with Crippen LogP contribution in [0.15, 0.2) is 24.3 Å². The first-order valence-corrected chi connectivity index (χ1v) is 8.41. The highest BCUT2D eigenvalue weighted by molar-refractivity contribution is 7.88. The highest BCUT2D eigenvalue weighted by atomic mass is 35.5. The van der Waals surface area contributed by atoms with Gasteiger partial charge in [0.15, 0.2) is 0 Å². The van der Waals surface area contributed by atoms with Crippen molar-refractivity contribution >= 4 is 22.4 Å². The van der Waals surface area contributed by atoms with Crippen molar-refractivity contribution in [2.45, 2.75) is 31.7 Å². The van der Waals surface area contributed by atoms with Crippen LogP contribution in [0.3, 0.4) is 0 Å². The maximum atomic E-state index is 12.6. The van der Waals surface area contributed by atoms with Crippen LogP contribution >= 0.6 is 12.4 Å². The molecular weight excluding hydrogens is 312 g/mol. The van der Waals surface area contributed by atoms with Crippen LogP contribution in [0.2, 0.25) is 0 Å². The van der Waals surface area contributed by atoms with Gasteiger partial charge in [0.05, 0.1) is 12.9 Å². The van der Waals surface area contributed by atoms with E-state index >= 15 is 0 Å². The zero-order chi connectivity index (χ0) is 14.8. The molecule has 1 aliphatic heterocycles. The summed E-state index contributed by atoms with van der Waals surface area (Å²) in [5.41, 5.74) is 0.753. The van der Waals surface area contributed by atoms with Gasteiger partial charge >= 0.3 is 0 Å². The van der Waals surface area contributed by atoms with Crippen LogP contribution in [0.25, 0.3) is 0 Å². The lowest BCUT2D eigenvalue weighted by atomic mass is 10.1. The maximum Gasteiger partial charge on any atom is 0.218 e. The number of ether oxygens (including phenoxy) is 1. The SMILES string of the molecule is COc1cccc(CS(=O)(=O)N2CCNC(C)C2C)c1.Cl. The second kappa shape index (κ2) is 7.45. The second-order valence-electron chi connectivity index (χ2n) is 5.20. The van der Waals surface area contributed by atoms with Gasteiger partial charge in [-0.15, -0.1) is 12.4 Å². The molecule has 0 aliphatic carbocycles. The molecule has 0 saturated carbocycles. The minimum Gasteiger partial charge on any atom is -0.497 e.